The molecule has 4 N–H and O–H groups in total. The predicted octanol–water partition coefficient (Wildman–Crippen LogP) is 3.85. The van der Waals surface area contributed by atoms with E-state index in [0.29, 0.717) is 36.4 Å². The van der Waals surface area contributed by atoms with Crippen molar-refractivity contribution in [2.24, 2.45) is 0 Å². The van der Waals surface area contributed by atoms with Gasteiger partial charge in [-0.15, -0.1) is 0 Å². The van der Waals surface area contributed by atoms with Crippen molar-refractivity contribution in [2.75, 3.05) is 18.1 Å². The Balaban J connectivity index is 1.46. The van der Waals surface area contributed by atoms with E-state index in [1.165, 1.54) is 11.3 Å². The van der Waals surface area contributed by atoms with Crippen molar-refractivity contribution in [1.82, 2.24) is 16.0 Å². The second-order valence-electron chi connectivity index (χ2n) is 11.2. The summed E-state index contributed by atoms with van der Waals surface area (Å²) in [6.07, 6.45) is 9.47. The fourth-order valence-corrected chi connectivity index (χ4v) is 5.34. The van der Waals surface area contributed by atoms with Gasteiger partial charge in [0, 0.05) is 36.8 Å². The van der Waals surface area contributed by atoms with Crippen LogP contribution in [0.2, 0.25) is 0 Å². The van der Waals surface area contributed by atoms with E-state index in [1.54, 1.807) is 37.4 Å². The number of aliphatic hydroxyl groups is 1. The summed E-state index contributed by atoms with van der Waals surface area (Å²) in [5.41, 5.74) is 1.83. The van der Waals surface area contributed by atoms with E-state index in [0.717, 1.165) is 37.7 Å². The molecular formula is C33H44N4O5. The molecule has 0 bridgehead atoms. The molecule has 42 heavy (non-hydrogen) atoms. The number of anilines is 1. The van der Waals surface area contributed by atoms with Crippen LogP contribution in [0.1, 0.15) is 74.7 Å². The Hall–Kier alpha value is -3.69. The van der Waals surface area contributed by atoms with Crippen molar-refractivity contribution >= 4 is 23.4 Å². The standard InChI is InChI=1S/C33H44N4O5/c1-3-17-42-28-20-25(19-27(21-28)37-16-10-15-31(37)39)33(41)36-29(18-24-11-6-4-7-12-24)30(38)22-34-23(2)32(40)35-26-13-8-5-9-14-26/h4,6-7,10-12,16,19-21,23,26,29-30,34,38H,3,5,8-9,13-15,17-18,22H2,1-2H3,(H,35,40)(H,36,41)/t23-,29-,30+/m0/s1. The lowest BCUT2D eigenvalue weighted by molar-refractivity contribution is -0.123. The maximum absolute atomic E-state index is 13.6. The molecule has 4 rings (SSSR count). The first-order valence-corrected chi connectivity index (χ1v) is 15.2. The summed E-state index contributed by atoms with van der Waals surface area (Å²) in [6.45, 7) is 4.37. The highest BCUT2D eigenvalue weighted by Crippen LogP contribution is 2.27. The zero-order valence-corrected chi connectivity index (χ0v) is 24.7. The average molecular weight is 577 g/mol. The number of ether oxygens (including phenoxy) is 1. The predicted molar refractivity (Wildman–Crippen MR) is 163 cm³/mol. The molecule has 0 saturated heterocycles. The molecule has 1 aliphatic heterocycles. The van der Waals surface area contributed by atoms with Gasteiger partial charge in [0.25, 0.3) is 5.91 Å². The summed E-state index contributed by atoms with van der Waals surface area (Å²) in [4.78, 5) is 40.3. The van der Waals surface area contributed by atoms with E-state index in [4.69, 9.17) is 4.74 Å². The van der Waals surface area contributed by atoms with Crippen molar-refractivity contribution in [3.63, 3.8) is 0 Å². The first kappa shape index (κ1) is 31.3. The fraction of sp³-hybridized carbons (Fsp3) is 0.485. The largest absolute Gasteiger partial charge is 0.494 e. The summed E-state index contributed by atoms with van der Waals surface area (Å²) in [5, 5.41) is 20.5. The summed E-state index contributed by atoms with van der Waals surface area (Å²) < 4.78 is 5.83. The molecule has 2 aliphatic rings. The number of carbonyl (C=O) groups excluding carboxylic acids is 3. The van der Waals surface area contributed by atoms with Crippen LogP contribution >= 0.6 is 0 Å². The van der Waals surface area contributed by atoms with Crippen molar-refractivity contribution in [3.8, 4) is 5.75 Å². The van der Waals surface area contributed by atoms with E-state index in [1.807, 2.05) is 37.3 Å². The monoisotopic (exact) mass is 576 g/mol. The molecule has 1 saturated carbocycles. The number of amides is 3. The van der Waals surface area contributed by atoms with Gasteiger partial charge in [0.2, 0.25) is 11.8 Å². The van der Waals surface area contributed by atoms with Crippen LogP contribution in [-0.2, 0) is 16.0 Å². The highest BCUT2D eigenvalue weighted by Gasteiger charge is 2.26. The molecule has 1 heterocycles. The van der Waals surface area contributed by atoms with Gasteiger partial charge in [0.05, 0.1) is 30.5 Å². The molecule has 2 aromatic carbocycles. The number of hydrogen-bond donors (Lipinski definition) is 4. The molecule has 0 aromatic heterocycles. The molecular weight excluding hydrogens is 532 g/mol. The molecule has 0 unspecified atom stereocenters. The van der Waals surface area contributed by atoms with Gasteiger partial charge in [-0.3, -0.25) is 19.3 Å². The quantitative estimate of drug-likeness (QED) is 0.271. The van der Waals surface area contributed by atoms with E-state index >= 15 is 0 Å². The number of nitrogens with one attached hydrogen (secondary N) is 3. The Morgan fingerprint density at radius 1 is 1.10 bits per heavy atom. The lowest BCUT2D eigenvalue weighted by Crippen LogP contribution is -2.53. The molecule has 1 aliphatic carbocycles. The SMILES string of the molecule is CCCOc1cc(C(=O)N[C@@H](Cc2ccccc2)[C@H](O)CN[C@@H](C)C(=O)NC2CCCCC2)cc(N2C=CCC2=O)c1. The average Bonchev–Trinajstić information content (AvgIpc) is 3.44. The van der Waals surface area contributed by atoms with Crippen LogP contribution in [0, 0.1) is 0 Å². The zero-order chi connectivity index (χ0) is 29.9. The number of rotatable bonds is 14. The topological polar surface area (TPSA) is 120 Å². The van der Waals surface area contributed by atoms with Crippen LogP contribution in [0.25, 0.3) is 0 Å². The van der Waals surface area contributed by atoms with Crippen LogP contribution in [0.3, 0.4) is 0 Å². The van der Waals surface area contributed by atoms with Crippen molar-refractivity contribution < 1.29 is 24.2 Å². The zero-order valence-electron chi connectivity index (χ0n) is 24.7. The van der Waals surface area contributed by atoms with Gasteiger partial charge < -0.3 is 25.8 Å². The van der Waals surface area contributed by atoms with Crippen LogP contribution in [-0.4, -0.2) is 60.2 Å². The third-order valence-electron chi connectivity index (χ3n) is 7.78. The summed E-state index contributed by atoms with van der Waals surface area (Å²) in [6, 6.07) is 13.8. The Morgan fingerprint density at radius 2 is 1.86 bits per heavy atom. The normalized spacial score (nSPS) is 17.5. The smallest absolute Gasteiger partial charge is 0.251 e. The van der Waals surface area contributed by atoms with Crippen molar-refractivity contribution in [3.05, 3.63) is 71.9 Å². The van der Waals surface area contributed by atoms with E-state index in [-0.39, 0.29) is 24.4 Å². The van der Waals surface area contributed by atoms with Gasteiger partial charge in [-0.05, 0) is 50.3 Å². The van der Waals surface area contributed by atoms with Crippen molar-refractivity contribution in [2.45, 2.75) is 89.4 Å². The Kier molecular flexibility index (Phi) is 11.5. The number of benzene rings is 2. The van der Waals surface area contributed by atoms with Gasteiger partial charge in [0.1, 0.15) is 5.75 Å². The molecule has 9 heteroatoms. The van der Waals surface area contributed by atoms with Gasteiger partial charge in [-0.25, -0.2) is 0 Å². The third-order valence-corrected chi connectivity index (χ3v) is 7.78. The van der Waals surface area contributed by atoms with Crippen LogP contribution in [0.4, 0.5) is 5.69 Å². The van der Waals surface area contributed by atoms with E-state index < -0.39 is 24.1 Å². The molecule has 0 spiro atoms. The number of nitrogens with zero attached hydrogens (tertiary/aromatic N) is 1. The number of hydrogen-bond acceptors (Lipinski definition) is 6. The molecule has 9 nitrogen and oxygen atoms in total. The summed E-state index contributed by atoms with van der Waals surface area (Å²) >= 11 is 0. The van der Waals surface area contributed by atoms with E-state index in [9.17, 15) is 19.5 Å². The van der Waals surface area contributed by atoms with Crippen LogP contribution in [0.5, 0.6) is 5.75 Å². The van der Waals surface area contributed by atoms with Gasteiger partial charge in [-0.1, -0.05) is 62.6 Å². The van der Waals surface area contributed by atoms with Crippen LogP contribution in [0.15, 0.2) is 60.8 Å². The van der Waals surface area contributed by atoms with E-state index in [2.05, 4.69) is 16.0 Å². The maximum atomic E-state index is 13.6. The Morgan fingerprint density at radius 3 is 2.55 bits per heavy atom. The number of carbonyl (C=O) groups is 3. The van der Waals surface area contributed by atoms with Crippen molar-refractivity contribution in [1.29, 1.82) is 0 Å². The lowest BCUT2D eigenvalue weighted by atomic mass is 9.95. The minimum Gasteiger partial charge on any atom is -0.494 e. The van der Waals surface area contributed by atoms with Gasteiger partial charge in [-0.2, -0.15) is 0 Å². The van der Waals surface area contributed by atoms with Gasteiger partial charge >= 0.3 is 0 Å². The Labute approximate surface area is 248 Å². The molecule has 3 atom stereocenters. The van der Waals surface area contributed by atoms with Crippen LogP contribution < -0.4 is 25.6 Å². The highest BCUT2D eigenvalue weighted by atomic mass is 16.5. The first-order valence-electron chi connectivity index (χ1n) is 15.2. The minimum atomic E-state index is -0.971. The summed E-state index contributed by atoms with van der Waals surface area (Å²) in [7, 11) is 0. The molecule has 3 amide bonds. The minimum absolute atomic E-state index is 0.0836. The first-order chi connectivity index (χ1) is 20.3. The Bertz CT molecular complexity index is 1230. The third kappa shape index (κ3) is 8.90. The molecule has 0 radical (unpaired) electrons. The highest BCUT2D eigenvalue weighted by molar-refractivity contribution is 6.01. The lowest BCUT2D eigenvalue weighted by Gasteiger charge is -2.27. The molecule has 1 fully saturated rings. The fourth-order valence-electron chi connectivity index (χ4n) is 5.34. The molecule has 2 aromatic rings. The number of aliphatic hydroxyl groups excluding tert-OH is 1. The summed E-state index contributed by atoms with van der Waals surface area (Å²) in [5.74, 6) is -0.0668. The second-order valence-corrected chi connectivity index (χ2v) is 11.2. The van der Waals surface area contributed by atoms with Gasteiger partial charge in [0.15, 0.2) is 0 Å². The molecule has 226 valence electrons. The second kappa shape index (κ2) is 15.5. The maximum Gasteiger partial charge on any atom is 0.251 e.